The lowest BCUT2D eigenvalue weighted by Gasteiger charge is -2.28. The van der Waals surface area contributed by atoms with Crippen molar-refractivity contribution in [3.8, 4) is 0 Å². The molecule has 1 aromatic carbocycles. The Bertz CT molecular complexity index is 292. The average molecular weight is 182 g/mol. The number of hydrogen-bond acceptors (Lipinski definition) is 1. The lowest BCUT2D eigenvalue weighted by molar-refractivity contribution is 0.383. The third-order valence-electron chi connectivity index (χ3n) is 2.41. The van der Waals surface area contributed by atoms with Crippen molar-refractivity contribution < 1.29 is 0 Å². The van der Waals surface area contributed by atoms with Crippen molar-refractivity contribution in [1.29, 1.82) is 0 Å². The van der Waals surface area contributed by atoms with Crippen molar-refractivity contribution >= 4 is 11.6 Å². The second-order valence-electron chi connectivity index (χ2n) is 3.30. The third kappa shape index (κ3) is 1.35. The molecule has 1 atom stereocenters. The van der Waals surface area contributed by atoms with Crippen LogP contribution in [0.15, 0.2) is 18.2 Å². The van der Waals surface area contributed by atoms with Gasteiger partial charge in [0.05, 0.1) is 0 Å². The van der Waals surface area contributed by atoms with E-state index in [4.69, 9.17) is 11.6 Å². The molecule has 1 unspecified atom stereocenters. The Morgan fingerprint density at radius 3 is 2.75 bits per heavy atom. The Balaban J connectivity index is 2.27. The molecule has 2 heteroatoms. The van der Waals surface area contributed by atoms with E-state index in [2.05, 4.69) is 17.4 Å². The lowest BCUT2D eigenvalue weighted by atomic mass is 9.97. The summed E-state index contributed by atoms with van der Waals surface area (Å²) in [5, 5.41) is 4.22. The highest BCUT2D eigenvalue weighted by Crippen LogP contribution is 2.26. The third-order valence-corrected chi connectivity index (χ3v) is 2.83. The second-order valence-corrected chi connectivity index (χ2v) is 3.71. The minimum absolute atomic E-state index is 0.570. The van der Waals surface area contributed by atoms with Crippen LogP contribution < -0.4 is 5.32 Å². The maximum absolute atomic E-state index is 5.93. The minimum atomic E-state index is 0.570. The van der Waals surface area contributed by atoms with Gasteiger partial charge in [-0.25, -0.2) is 0 Å². The van der Waals surface area contributed by atoms with Gasteiger partial charge in [0, 0.05) is 11.1 Å². The van der Waals surface area contributed by atoms with E-state index in [1.54, 1.807) is 0 Å². The molecule has 0 aliphatic carbocycles. The van der Waals surface area contributed by atoms with Gasteiger partial charge in [-0.1, -0.05) is 23.7 Å². The van der Waals surface area contributed by atoms with E-state index in [1.807, 2.05) is 13.0 Å². The molecule has 0 saturated carbocycles. The largest absolute Gasteiger partial charge is 0.310 e. The zero-order valence-electron chi connectivity index (χ0n) is 7.10. The quantitative estimate of drug-likeness (QED) is 0.703. The Hall–Kier alpha value is -0.530. The fraction of sp³-hybridized carbons (Fsp3) is 0.400. The number of rotatable bonds is 1. The zero-order chi connectivity index (χ0) is 8.55. The summed E-state index contributed by atoms with van der Waals surface area (Å²) in [4.78, 5) is 0. The summed E-state index contributed by atoms with van der Waals surface area (Å²) in [6.07, 6.45) is 1.25. The van der Waals surface area contributed by atoms with E-state index in [1.165, 1.54) is 17.5 Å². The van der Waals surface area contributed by atoms with Gasteiger partial charge in [-0.05, 0) is 37.1 Å². The molecular weight excluding hydrogens is 170 g/mol. The molecule has 1 aliphatic heterocycles. The van der Waals surface area contributed by atoms with Gasteiger partial charge in [-0.2, -0.15) is 0 Å². The maximum Gasteiger partial charge on any atom is 0.0435 e. The summed E-state index contributed by atoms with van der Waals surface area (Å²) < 4.78 is 0. The molecular formula is C10H12ClN. The van der Waals surface area contributed by atoms with Gasteiger partial charge in [-0.15, -0.1) is 0 Å². The van der Waals surface area contributed by atoms with Crippen LogP contribution >= 0.6 is 11.6 Å². The highest BCUT2D eigenvalue weighted by atomic mass is 35.5. The molecule has 0 aromatic heterocycles. The van der Waals surface area contributed by atoms with Gasteiger partial charge >= 0.3 is 0 Å². The minimum Gasteiger partial charge on any atom is -0.310 e. The first-order valence-corrected chi connectivity index (χ1v) is 4.64. The molecule has 1 aliphatic rings. The predicted molar refractivity (Wildman–Crippen MR) is 51.5 cm³/mol. The van der Waals surface area contributed by atoms with E-state index in [9.17, 15) is 0 Å². The molecule has 1 heterocycles. The van der Waals surface area contributed by atoms with Gasteiger partial charge < -0.3 is 5.32 Å². The molecule has 2 rings (SSSR count). The smallest absolute Gasteiger partial charge is 0.0435 e. The molecule has 1 aromatic rings. The van der Waals surface area contributed by atoms with Crippen molar-refractivity contribution in [2.45, 2.75) is 19.4 Å². The highest BCUT2D eigenvalue weighted by molar-refractivity contribution is 6.31. The molecule has 12 heavy (non-hydrogen) atoms. The normalized spacial score (nSPS) is 22.0. The van der Waals surface area contributed by atoms with Crippen molar-refractivity contribution in [2.75, 3.05) is 6.54 Å². The van der Waals surface area contributed by atoms with E-state index in [-0.39, 0.29) is 0 Å². The monoisotopic (exact) mass is 181 g/mol. The molecule has 64 valence electrons. The van der Waals surface area contributed by atoms with Crippen LogP contribution in [0.1, 0.15) is 23.6 Å². The maximum atomic E-state index is 5.93. The standard InChI is InChI=1S/C10H12ClN/c1-7-6-8(2-3-9(7)11)10-4-5-12-10/h2-3,6,10,12H,4-5H2,1H3. The van der Waals surface area contributed by atoms with Crippen LogP contribution in [0.25, 0.3) is 0 Å². The van der Waals surface area contributed by atoms with E-state index >= 15 is 0 Å². The summed E-state index contributed by atoms with van der Waals surface area (Å²) in [7, 11) is 0. The average Bonchev–Trinajstić information content (AvgIpc) is 1.93. The van der Waals surface area contributed by atoms with Crippen LogP contribution in [0.5, 0.6) is 0 Å². The number of halogens is 1. The summed E-state index contributed by atoms with van der Waals surface area (Å²) >= 11 is 5.93. The first-order chi connectivity index (χ1) is 5.77. The summed E-state index contributed by atoms with van der Waals surface area (Å²) in [5.74, 6) is 0. The Morgan fingerprint density at radius 1 is 1.50 bits per heavy atom. The van der Waals surface area contributed by atoms with Crippen molar-refractivity contribution in [1.82, 2.24) is 5.32 Å². The molecule has 0 bridgehead atoms. The van der Waals surface area contributed by atoms with Gasteiger partial charge in [0.25, 0.3) is 0 Å². The number of nitrogens with one attached hydrogen (secondary N) is 1. The van der Waals surface area contributed by atoms with Crippen LogP contribution in [0.2, 0.25) is 5.02 Å². The topological polar surface area (TPSA) is 12.0 Å². The summed E-state index contributed by atoms with van der Waals surface area (Å²) in [5.41, 5.74) is 2.53. The van der Waals surface area contributed by atoms with Crippen LogP contribution in [0.3, 0.4) is 0 Å². The first-order valence-electron chi connectivity index (χ1n) is 4.27. The predicted octanol–water partition coefficient (Wildman–Crippen LogP) is 2.68. The van der Waals surface area contributed by atoms with E-state index < -0.39 is 0 Å². The van der Waals surface area contributed by atoms with Crippen LogP contribution in [0.4, 0.5) is 0 Å². The Kier molecular flexibility index (Phi) is 2.07. The number of aryl methyl sites for hydroxylation is 1. The molecule has 1 fully saturated rings. The van der Waals surface area contributed by atoms with Crippen molar-refractivity contribution in [3.05, 3.63) is 34.3 Å². The van der Waals surface area contributed by atoms with E-state index in [0.29, 0.717) is 6.04 Å². The van der Waals surface area contributed by atoms with Crippen LogP contribution in [-0.2, 0) is 0 Å². The zero-order valence-corrected chi connectivity index (χ0v) is 7.86. The Morgan fingerprint density at radius 2 is 2.25 bits per heavy atom. The summed E-state index contributed by atoms with van der Waals surface area (Å²) in [6, 6.07) is 6.82. The number of hydrogen-bond donors (Lipinski definition) is 1. The molecule has 0 amide bonds. The highest BCUT2D eigenvalue weighted by Gasteiger charge is 2.18. The second kappa shape index (κ2) is 3.08. The molecule has 1 saturated heterocycles. The molecule has 1 nitrogen and oxygen atoms in total. The molecule has 0 radical (unpaired) electrons. The first kappa shape index (κ1) is 8.09. The molecule has 0 spiro atoms. The van der Waals surface area contributed by atoms with Crippen molar-refractivity contribution in [2.24, 2.45) is 0 Å². The van der Waals surface area contributed by atoms with Gasteiger partial charge in [-0.3, -0.25) is 0 Å². The van der Waals surface area contributed by atoms with Gasteiger partial charge in [0.1, 0.15) is 0 Å². The lowest BCUT2D eigenvalue weighted by Crippen LogP contribution is -2.34. The molecule has 1 N–H and O–H groups in total. The van der Waals surface area contributed by atoms with Crippen LogP contribution in [-0.4, -0.2) is 6.54 Å². The SMILES string of the molecule is Cc1cc(C2CCN2)ccc1Cl. The van der Waals surface area contributed by atoms with Crippen molar-refractivity contribution in [3.63, 3.8) is 0 Å². The van der Waals surface area contributed by atoms with E-state index in [0.717, 1.165) is 11.6 Å². The Labute approximate surface area is 77.7 Å². The van der Waals surface area contributed by atoms with Crippen LogP contribution in [0, 0.1) is 6.92 Å². The number of benzene rings is 1. The fourth-order valence-electron chi connectivity index (χ4n) is 1.46. The van der Waals surface area contributed by atoms with Gasteiger partial charge in [0.15, 0.2) is 0 Å². The summed E-state index contributed by atoms with van der Waals surface area (Å²) in [6.45, 7) is 3.19. The van der Waals surface area contributed by atoms with Gasteiger partial charge in [0.2, 0.25) is 0 Å². The fourth-order valence-corrected chi connectivity index (χ4v) is 1.58.